The number of carbonyl (C=O) groups excluding carboxylic acids is 1. The second kappa shape index (κ2) is 8.21. The van der Waals surface area contributed by atoms with Crippen molar-refractivity contribution in [1.29, 1.82) is 0 Å². The van der Waals surface area contributed by atoms with Gasteiger partial charge in [-0.1, -0.05) is 12.1 Å². The largest absolute Gasteiger partial charge is 0.465 e. The zero-order valence-corrected chi connectivity index (χ0v) is 19.8. The highest BCUT2D eigenvalue weighted by atomic mass is 16.4. The van der Waals surface area contributed by atoms with Gasteiger partial charge >= 0.3 is 6.09 Å². The molecule has 6 rings (SSSR count). The monoisotopic (exact) mass is 481 g/mol. The summed E-state index contributed by atoms with van der Waals surface area (Å²) in [5.41, 5.74) is 5.92. The van der Waals surface area contributed by atoms with E-state index in [0.29, 0.717) is 25.3 Å². The van der Waals surface area contributed by atoms with Crippen LogP contribution in [0.2, 0.25) is 0 Å². The maximum Gasteiger partial charge on any atom is 0.407 e. The minimum Gasteiger partial charge on any atom is -0.465 e. The molecular weight excluding hydrogens is 458 g/mol. The number of likely N-dealkylation sites (tertiary alicyclic amines) is 1. The summed E-state index contributed by atoms with van der Waals surface area (Å²) in [6.07, 6.45) is 5.12. The van der Waals surface area contributed by atoms with Gasteiger partial charge in [-0.25, -0.2) is 9.59 Å². The van der Waals surface area contributed by atoms with Crippen molar-refractivity contribution in [3.8, 4) is 22.5 Å². The summed E-state index contributed by atoms with van der Waals surface area (Å²) >= 11 is 0. The number of pyridine rings is 2. The minimum absolute atomic E-state index is 0.171. The number of hydrogen-bond acceptors (Lipinski definition) is 7. The molecule has 36 heavy (non-hydrogen) atoms. The molecule has 2 aliphatic rings. The summed E-state index contributed by atoms with van der Waals surface area (Å²) in [4.78, 5) is 37.9. The number of nitrogens with zero attached hydrogens (tertiary/aromatic N) is 7. The number of aryl methyl sites for hydroxylation is 1. The average Bonchev–Trinajstić information content (AvgIpc) is 3.61. The molecule has 10 nitrogen and oxygen atoms in total. The molecule has 0 spiro atoms. The van der Waals surface area contributed by atoms with E-state index in [2.05, 4.69) is 27.1 Å². The third kappa shape index (κ3) is 3.38. The number of carboxylic acid groups (broad SMARTS) is 1. The molecule has 0 bridgehead atoms. The Kier molecular flexibility index (Phi) is 4.98. The summed E-state index contributed by atoms with van der Waals surface area (Å²) in [5.74, 6) is 2.44. The Morgan fingerprint density at radius 3 is 2.56 bits per heavy atom. The second-order valence-electron chi connectivity index (χ2n) is 9.06. The fraction of sp³-hybridized carbons (Fsp3) is 0.231. The Hall–Kier alpha value is -4.69. The quantitative estimate of drug-likeness (QED) is 0.444. The van der Waals surface area contributed by atoms with E-state index in [1.807, 2.05) is 54.7 Å². The van der Waals surface area contributed by atoms with Gasteiger partial charge < -0.3 is 19.8 Å². The van der Waals surface area contributed by atoms with Crippen molar-refractivity contribution in [1.82, 2.24) is 24.6 Å². The third-order valence-corrected chi connectivity index (χ3v) is 6.93. The van der Waals surface area contributed by atoms with Crippen LogP contribution < -0.4 is 9.80 Å². The molecular formula is C26H23N7O3. The van der Waals surface area contributed by atoms with Gasteiger partial charge in [0.2, 0.25) is 5.82 Å². The molecule has 180 valence electrons. The zero-order chi connectivity index (χ0) is 25.0. The van der Waals surface area contributed by atoms with E-state index in [4.69, 9.17) is 0 Å². The van der Waals surface area contributed by atoms with Crippen LogP contribution in [0.25, 0.3) is 33.4 Å². The summed E-state index contributed by atoms with van der Waals surface area (Å²) in [7, 11) is 3.68. The first-order chi connectivity index (χ1) is 17.4. The molecule has 5 heterocycles. The first-order valence-electron chi connectivity index (χ1n) is 11.6. The molecule has 1 saturated heterocycles. The van der Waals surface area contributed by atoms with E-state index in [1.54, 1.807) is 22.8 Å². The van der Waals surface area contributed by atoms with Gasteiger partial charge in [0, 0.05) is 50.5 Å². The molecule has 1 atom stereocenters. The van der Waals surface area contributed by atoms with E-state index in [9.17, 15) is 14.7 Å². The SMILES string of the molecule is CN1C(=C=O)N([C@H]2CCN(C(=O)O)C2)c2c1cnc1ccc(-c3ccc(-c4ccn(C)n4)nc3)cc21. The molecule has 3 aromatic heterocycles. The summed E-state index contributed by atoms with van der Waals surface area (Å²) in [6.45, 7) is 0.737. The van der Waals surface area contributed by atoms with Crippen molar-refractivity contribution < 1.29 is 14.7 Å². The normalized spacial score (nSPS) is 17.1. The maximum absolute atomic E-state index is 12.0. The first-order valence-corrected chi connectivity index (χ1v) is 11.6. The molecule has 1 N–H and O–H groups in total. The second-order valence-corrected chi connectivity index (χ2v) is 9.06. The van der Waals surface area contributed by atoms with Gasteiger partial charge in [-0.05, 0) is 36.2 Å². The lowest BCUT2D eigenvalue weighted by Gasteiger charge is -2.27. The van der Waals surface area contributed by atoms with E-state index in [0.717, 1.165) is 44.8 Å². The molecule has 0 radical (unpaired) electrons. The summed E-state index contributed by atoms with van der Waals surface area (Å²) in [6, 6.07) is 11.7. The van der Waals surface area contributed by atoms with E-state index >= 15 is 0 Å². The highest BCUT2D eigenvalue weighted by molar-refractivity contribution is 6.05. The van der Waals surface area contributed by atoms with Crippen LogP contribution >= 0.6 is 0 Å². The summed E-state index contributed by atoms with van der Waals surface area (Å²) in [5, 5.41) is 14.8. The number of rotatable bonds is 3. The number of benzene rings is 1. The topological polar surface area (TPSA) is 108 Å². The smallest absolute Gasteiger partial charge is 0.407 e. The van der Waals surface area contributed by atoms with Crippen LogP contribution in [0, 0.1) is 0 Å². The predicted octanol–water partition coefficient (Wildman–Crippen LogP) is 3.38. The van der Waals surface area contributed by atoms with Gasteiger partial charge in [0.1, 0.15) is 5.69 Å². The number of amides is 1. The van der Waals surface area contributed by atoms with E-state index in [1.165, 1.54) is 4.90 Å². The standard InChI is InChI=1S/C26H23N7O3/c1-30-9-8-22(29-30)21-6-4-17(12-27-21)16-3-5-20-19(11-16)25-23(13-28-20)31(2)24(15-34)33(25)18-7-10-32(14-18)26(35)36/h3-6,8-9,11-13,18H,7,10,14H2,1-2H3,(H,35,36)/t18-/m0/s1. The lowest BCUT2D eigenvalue weighted by molar-refractivity contribution is 0.155. The minimum atomic E-state index is -0.953. The Labute approximate surface area is 206 Å². The maximum atomic E-state index is 12.0. The number of anilines is 2. The predicted molar refractivity (Wildman–Crippen MR) is 135 cm³/mol. The molecule has 1 amide bonds. The Morgan fingerprint density at radius 2 is 1.89 bits per heavy atom. The Balaban J connectivity index is 1.44. The Morgan fingerprint density at radius 1 is 1.06 bits per heavy atom. The lowest BCUT2D eigenvalue weighted by atomic mass is 10.0. The van der Waals surface area contributed by atoms with Crippen LogP contribution in [0.3, 0.4) is 0 Å². The number of aromatic nitrogens is 4. The fourth-order valence-corrected chi connectivity index (χ4v) is 5.10. The molecule has 0 aliphatic carbocycles. The van der Waals surface area contributed by atoms with Crippen molar-refractivity contribution >= 4 is 34.3 Å². The molecule has 0 unspecified atom stereocenters. The van der Waals surface area contributed by atoms with Crippen molar-refractivity contribution in [2.75, 3.05) is 29.9 Å². The molecule has 10 heteroatoms. The number of carbonyl (C=O) groups is 1. The molecule has 0 saturated carbocycles. The van der Waals surface area contributed by atoms with Gasteiger partial charge in [0.05, 0.1) is 34.8 Å². The van der Waals surface area contributed by atoms with Crippen LogP contribution in [0.15, 0.2) is 60.8 Å². The van der Waals surface area contributed by atoms with Crippen molar-refractivity contribution in [3.05, 3.63) is 60.8 Å². The lowest BCUT2D eigenvalue weighted by Crippen LogP contribution is -2.39. The van der Waals surface area contributed by atoms with Crippen LogP contribution in [0.5, 0.6) is 0 Å². The van der Waals surface area contributed by atoms with Gasteiger partial charge in [0.15, 0.2) is 5.94 Å². The number of hydrogen-bond donors (Lipinski definition) is 1. The Bertz CT molecular complexity index is 1560. The van der Waals surface area contributed by atoms with Crippen molar-refractivity contribution in [3.63, 3.8) is 0 Å². The number of fused-ring (bicyclic) bond motifs is 3. The van der Waals surface area contributed by atoms with Gasteiger partial charge in [-0.2, -0.15) is 5.10 Å². The average molecular weight is 482 g/mol. The first kappa shape index (κ1) is 21.8. The van der Waals surface area contributed by atoms with Crippen LogP contribution in [-0.2, 0) is 11.8 Å². The molecule has 1 aromatic carbocycles. The molecule has 1 fully saturated rings. The van der Waals surface area contributed by atoms with E-state index in [-0.39, 0.29) is 6.04 Å². The highest BCUT2D eigenvalue weighted by Gasteiger charge is 2.40. The van der Waals surface area contributed by atoms with Crippen LogP contribution in [-0.4, -0.2) is 68.0 Å². The highest BCUT2D eigenvalue weighted by Crippen LogP contribution is 2.46. The summed E-state index contributed by atoms with van der Waals surface area (Å²) < 4.78 is 1.74. The third-order valence-electron chi connectivity index (χ3n) is 6.93. The molecule has 4 aromatic rings. The van der Waals surface area contributed by atoms with Crippen LogP contribution in [0.4, 0.5) is 16.2 Å². The van der Waals surface area contributed by atoms with Gasteiger partial charge in [-0.3, -0.25) is 14.6 Å². The van der Waals surface area contributed by atoms with Crippen molar-refractivity contribution in [2.45, 2.75) is 12.5 Å². The van der Waals surface area contributed by atoms with Gasteiger partial charge in [0.25, 0.3) is 0 Å². The van der Waals surface area contributed by atoms with Crippen molar-refractivity contribution in [2.24, 2.45) is 7.05 Å². The zero-order valence-electron chi connectivity index (χ0n) is 19.8. The van der Waals surface area contributed by atoms with E-state index < -0.39 is 6.09 Å². The van der Waals surface area contributed by atoms with Crippen LogP contribution in [0.1, 0.15) is 6.42 Å². The van der Waals surface area contributed by atoms with Gasteiger partial charge in [-0.15, -0.1) is 0 Å². The molecule has 2 aliphatic heterocycles. The fourth-order valence-electron chi connectivity index (χ4n) is 5.10.